The molecule has 5 atom stereocenters. The molecule has 1 aromatic carbocycles. The maximum absolute atomic E-state index is 9.95. The van der Waals surface area contributed by atoms with E-state index in [1.54, 1.807) is 6.07 Å². The Balaban J connectivity index is 2.16. The molecule has 118 valence electrons. The highest BCUT2D eigenvalue weighted by Gasteiger charge is 2.44. The molecule has 1 aromatic rings. The van der Waals surface area contributed by atoms with Gasteiger partial charge in [0, 0.05) is 12.6 Å². The molecule has 0 unspecified atom stereocenters. The van der Waals surface area contributed by atoms with Gasteiger partial charge in [0.2, 0.25) is 0 Å². The van der Waals surface area contributed by atoms with Crippen molar-refractivity contribution in [2.24, 2.45) is 5.73 Å². The number of benzene rings is 1. The normalized spacial score (nSPS) is 32.9. The van der Waals surface area contributed by atoms with E-state index in [1.807, 2.05) is 0 Å². The fraction of sp³-hybridized carbons (Fsp3) is 0.538. The molecule has 2 rings (SSSR count). The molecule has 0 saturated carbocycles. The number of thioether (sulfide) groups is 1. The summed E-state index contributed by atoms with van der Waals surface area (Å²) in [5.74, 6) is 0.259. The van der Waals surface area contributed by atoms with Crippen LogP contribution < -0.4 is 10.5 Å². The van der Waals surface area contributed by atoms with Gasteiger partial charge < -0.3 is 36.0 Å². The molecule has 0 radical (unpaired) electrons. The Morgan fingerprint density at radius 2 is 1.81 bits per heavy atom. The Morgan fingerprint density at radius 1 is 1.10 bits per heavy atom. The number of aliphatic hydroxyl groups excluding tert-OH is 4. The number of aromatic hydroxyl groups is 1. The number of phenols is 1. The van der Waals surface area contributed by atoms with Crippen LogP contribution in [0.15, 0.2) is 18.2 Å². The van der Waals surface area contributed by atoms with Gasteiger partial charge in [-0.2, -0.15) is 0 Å². The molecule has 1 aliphatic rings. The van der Waals surface area contributed by atoms with Crippen LogP contribution in [0.5, 0.6) is 11.5 Å². The van der Waals surface area contributed by atoms with Crippen LogP contribution in [0.2, 0.25) is 0 Å². The average Bonchev–Trinajstić information content (AvgIpc) is 2.47. The third kappa shape index (κ3) is 3.60. The largest absolute Gasteiger partial charge is 0.508 e. The lowest BCUT2D eigenvalue weighted by Gasteiger charge is -2.39. The van der Waals surface area contributed by atoms with Crippen LogP contribution in [0, 0.1) is 0 Å². The van der Waals surface area contributed by atoms with Crippen molar-refractivity contribution < 1.29 is 30.3 Å². The van der Waals surface area contributed by atoms with Crippen LogP contribution in [0.3, 0.4) is 0 Å². The first-order valence-electron chi connectivity index (χ1n) is 6.46. The predicted molar refractivity (Wildman–Crippen MR) is 76.9 cm³/mol. The van der Waals surface area contributed by atoms with Crippen molar-refractivity contribution in [3.05, 3.63) is 23.8 Å². The first-order valence-corrected chi connectivity index (χ1v) is 7.40. The number of aliphatic hydroxyl groups is 4. The summed E-state index contributed by atoms with van der Waals surface area (Å²) >= 11 is 1.02. The topological polar surface area (TPSA) is 136 Å². The zero-order valence-corrected chi connectivity index (χ0v) is 12.0. The van der Waals surface area contributed by atoms with E-state index in [9.17, 15) is 25.5 Å². The van der Waals surface area contributed by atoms with Crippen molar-refractivity contribution in [1.29, 1.82) is 0 Å². The third-order valence-corrected chi connectivity index (χ3v) is 4.71. The van der Waals surface area contributed by atoms with Crippen LogP contribution in [0.1, 0.15) is 5.56 Å². The molecule has 0 aromatic heterocycles. The van der Waals surface area contributed by atoms with Gasteiger partial charge in [-0.15, -0.1) is 11.8 Å². The van der Waals surface area contributed by atoms with Gasteiger partial charge in [-0.1, -0.05) is 0 Å². The van der Waals surface area contributed by atoms with Gasteiger partial charge in [0.25, 0.3) is 0 Å². The second kappa shape index (κ2) is 6.82. The summed E-state index contributed by atoms with van der Waals surface area (Å²) in [6.07, 6.45) is -3.98. The average molecular weight is 317 g/mol. The smallest absolute Gasteiger partial charge is 0.173 e. The molecule has 7 nitrogen and oxygen atoms in total. The van der Waals surface area contributed by atoms with Crippen molar-refractivity contribution in [3.63, 3.8) is 0 Å². The molecule has 0 bridgehead atoms. The summed E-state index contributed by atoms with van der Waals surface area (Å²) in [6, 6.07) is 4.46. The van der Waals surface area contributed by atoms with Crippen molar-refractivity contribution in [2.75, 3.05) is 6.61 Å². The van der Waals surface area contributed by atoms with E-state index in [1.165, 1.54) is 12.1 Å². The van der Waals surface area contributed by atoms with Crippen LogP contribution in [-0.4, -0.2) is 61.1 Å². The van der Waals surface area contributed by atoms with Gasteiger partial charge in [0.1, 0.15) is 23.7 Å². The van der Waals surface area contributed by atoms with E-state index in [2.05, 4.69) is 0 Å². The molecule has 1 saturated heterocycles. The zero-order valence-electron chi connectivity index (χ0n) is 11.2. The molecular weight excluding hydrogens is 298 g/mol. The Labute approximate surface area is 126 Å². The third-order valence-electron chi connectivity index (χ3n) is 3.29. The second-order valence-electron chi connectivity index (χ2n) is 4.85. The standard InChI is InChI=1S/C13H19NO6S/c14-4-6-1-7(16)3-8(2-6)20-13-12(19)11(18)10(17)9(5-15)21-13/h1-3,9-13,15-19H,4-5,14H2/t9-,10-,11+,12-,13-/m1/s1. The monoisotopic (exact) mass is 317 g/mol. The van der Waals surface area contributed by atoms with Crippen molar-refractivity contribution in [2.45, 2.75) is 35.5 Å². The van der Waals surface area contributed by atoms with Gasteiger partial charge >= 0.3 is 0 Å². The maximum atomic E-state index is 9.95. The van der Waals surface area contributed by atoms with Crippen LogP contribution in [-0.2, 0) is 6.54 Å². The van der Waals surface area contributed by atoms with E-state index in [0.29, 0.717) is 5.56 Å². The van der Waals surface area contributed by atoms with E-state index in [4.69, 9.17) is 10.5 Å². The second-order valence-corrected chi connectivity index (χ2v) is 6.20. The highest BCUT2D eigenvalue weighted by atomic mass is 32.2. The number of rotatable bonds is 4. The SMILES string of the molecule is NCc1cc(O)cc(O[C@@H]2S[C@H](CO)[C@@H](O)[C@H](O)[C@H]2O)c1. The van der Waals surface area contributed by atoms with Gasteiger partial charge in [-0.05, 0) is 17.7 Å². The summed E-state index contributed by atoms with van der Waals surface area (Å²) in [6.45, 7) is -0.144. The molecule has 1 heterocycles. The molecule has 8 heteroatoms. The van der Waals surface area contributed by atoms with Crippen molar-refractivity contribution in [3.8, 4) is 11.5 Å². The Morgan fingerprint density at radius 3 is 2.43 bits per heavy atom. The minimum Gasteiger partial charge on any atom is -0.508 e. The Kier molecular flexibility index (Phi) is 5.31. The Hall–Kier alpha value is -1.03. The molecule has 0 spiro atoms. The molecule has 1 fully saturated rings. The lowest BCUT2D eigenvalue weighted by atomic mass is 10.0. The summed E-state index contributed by atoms with van der Waals surface area (Å²) in [5, 5.41) is 47.5. The van der Waals surface area contributed by atoms with E-state index in [0.717, 1.165) is 11.8 Å². The lowest BCUT2D eigenvalue weighted by molar-refractivity contribution is -0.0909. The van der Waals surface area contributed by atoms with Crippen molar-refractivity contribution in [1.82, 2.24) is 0 Å². The molecule has 0 amide bonds. The van der Waals surface area contributed by atoms with Gasteiger partial charge in [0.15, 0.2) is 5.44 Å². The van der Waals surface area contributed by atoms with Crippen LogP contribution in [0.25, 0.3) is 0 Å². The van der Waals surface area contributed by atoms with E-state index < -0.39 is 29.0 Å². The van der Waals surface area contributed by atoms with Crippen LogP contribution >= 0.6 is 11.8 Å². The Bertz CT molecular complexity index is 486. The number of ether oxygens (including phenoxy) is 1. The molecular formula is C13H19NO6S. The number of hydrogen-bond acceptors (Lipinski definition) is 8. The van der Waals surface area contributed by atoms with Crippen molar-refractivity contribution >= 4 is 11.8 Å². The predicted octanol–water partition coefficient (Wildman–Crippen LogP) is -1.25. The molecule has 0 aliphatic carbocycles. The summed E-state index contributed by atoms with van der Waals surface area (Å²) < 4.78 is 5.56. The minimum atomic E-state index is -1.42. The van der Waals surface area contributed by atoms with Gasteiger partial charge in [-0.25, -0.2) is 0 Å². The quantitative estimate of drug-likeness (QED) is 0.405. The van der Waals surface area contributed by atoms with E-state index in [-0.39, 0.29) is 24.7 Å². The molecule has 21 heavy (non-hydrogen) atoms. The first kappa shape index (κ1) is 16.3. The minimum absolute atomic E-state index is 0.0254. The fourth-order valence-corrected chi connectivity index (χ4v) is 3.37. The summed E-state index contributed by atoms with van der Waals surface area (Å²) in [7, 11) is 0. The van der Waals surface area contributed by atoms with E-state index >= 15 is 0 Å². The van der Waals surface area contributed by atoms with Gasteiger partial charge in [-0.3, -0.25) is 0 Å². The van der Waals surface area contributed by atoms with Crippen LogP contribution in [0.4, 0.5) is 0 Å². The number of hydrogen-bond donors (Lipinski definition) is 6. The highest BCUT2D eigenvalue weighted by molar-refractivity contribution is 8.00. The zero-order chi connectivity index (χ0) is 15.6. The molecule has 7 N–H and O–H groups in total. The summed E-state index contributed by atoms with van der Waals surface area (Å²) in [5.41, 5.74) is 5.28. The lowest BCUT2D eigenvalue weighted by Crippen LogP contribution is -2.55. The number of phenolic OH excluding ortho intramolecular Hbond substituents is 1. The fourth-order valence-electron chi connectivity index (χ4n) is 2.13. The van der Waals surface area contributed by atoms with Gasteiger partial charge in [0.05, 0.1) is 18.0 Å². The maximum Gasteiger partial charge on any atom is 0.173 e. The molecule has 1 aliphatic heterocycles. The summed E-state index contributed by atoms with van der Waals surface area (Å²) in [4.78, 5) is 0. The highest BCUT2D eigenvalue weighted by Crippen LogP contribution is 2.35. The first-order chi connectivity index (χ1) is 9.96. The number of nitrogens with two attached hydrogens (primary N) is 1.